The maximum atomic E-state index is 9.19. The zero-order valence-corrected chi connectivity index (χ0v) is 12.2. The largest absolute Gasteiger partial charge is 0.321 e. The van der Waals surface area contributed by atoms with Crippen molar-refractivity contribution in [3.63, 3.8) is 0 Å². The lowest BCUT2D eigenvalue weighted by Crippen LogP contribution is -2.05. The molecule has 4 nitrogen and oxygen atoms in total. The standard InChI is InChI=1S/C14H11ClN4S/c15-5-4-12-18-14-10(8-16)2-1-3-11(14)19(12)9-13-17-6-7-20-13/h1-3,6-7H,4-5,9H2. The molecular weight excluding hydrogens is 292 g/mol. The van der Waals surface area contributed by atoms with E-state index in [9.17, 15) is 5.26 Å². The van der Waals surface area contributed by atoms with Crippen LogP contribution in [0.3, 0.4) is 0 Å². The molecule has 0 N–H and O–H groups in total. The van der Waals surface area contributed by atoms with E-state index in [2.05, 4.69) is 20.6 Å². The Kier molecular flexibility index (Phi) is 3.68. The van der Waals surface area contributed by atoms with Crippen molar-refractivity contribution < 1.29 is 0 Å². The Balaban J connectivity index is 2.17. The van der Waals surface area contributed by atoms with Crippen LogP contribution in [-0.2, 0) is 13.0 Å². The van der Waals surface area contributed by atoms with Gasteiger partial charge in [-0.05, 0) is 12.1 Å². The molecule has 3 aromatic rings. The van der Waals surface area contributed by atoms with Gasteiger partial charge in [0.25, 0.3) is 0 Å². The van der Waals surface area contributed by atoms with Gasteiger partial charge in [-0.2, -0.15) is 5.26 Å². The first-order valence-electron chi connectivity index (χ1n) is 6.16. The molecule has 20 heavy (non-hydrogen) atoms. The summed E-state index contributed by atoms with van der Waals surface area (Å²) in [4.78, 5) is 8.90. The van der Waals surface area contributed by atoms with E-state index in [0.717, 1.165) is 21.9 Å². The number of nitriles is 1. The molecule has 0 saturated heterocycles. The zero-order chi connectivity index (χ0) is 13.9. The Bertz CT molecular complexity index is 770. The second kappa shape index (κ2) is 5.61. The predicted molar refractivity (Wildman–Crippen MR) is 80.1 cm³/mol. The number of fused-ring (bicyclic) bond motifs is 1. The highest BCUT2D eigenvalue weighted by Crippen LogP contribution is 2.22. The number of thiazole rings is 1. The van der Waals surface area contributed by atoms with Crippen molar-refractivity contribution in [1.29, 1.82) is 5.26 Å². The van der Waals surface area contributed by atoms with Crippen LogP contribution in [0.2, 0.25) is 0 Å². The van der Waals surface area contributed by atoms with Crippen LogP contribution in [0.4, 0.5) is 0 Å². The molecule has 0 aliphatic heterocycles. The number of benzene rings is 1. The summed E-state index contributed by atoms with van der Waals surface area (Å²) in [6.45, 7) is 0.662. The van der Waals surface area contributed by atoms with E-state index in [4.69, 9.17) is 11.6 Å². The molecule has 0 saturated carbocycles. The second-order valence-electron chi connectivity index (χ2n) is 4.26. The van der Waals surface area contributed by atoms with Gasteiger partial charge >= 0.3 is 0 Å². The van der Waals surface area contributed by atoms with Crippen molar-refractivity contribution in [1.82, 2.24) is 14.5 Å². The number of aryl methyl sites for hydroxylation is 1. The summed E-state index contributed by atoms with van der Waals surface area (Å²) >= 11 is 7.47. The number of halogens is 1. The SMILES string of the molecule is N#Cc1cccc2c1nc(CCCl)n2Cc1nccs1. The van der Waals surface area contributed by atoms with E-state index in [1.54, 1.807) is 23.6 Å². The van der Waals surface area contributed by atoms with E-state index in [1.165, 1.54) is 0 Å². The van der Waals surface area contributed by atoms with Gasteiger partial charge in [0.2, 0.25) is 0 Å². The van der Waals surface area contributed by atoms with Gasteiger partial charge in [0, 0.05) is 23.9 Å². The smallest absolute Gasteiger partial charge is 0.112 e. The molecule has 3 rings (SSSR count). The maximum Gasteiger partial charge on any atom is 0.112 e. The Morgan fingerprint density at radius 2 is 2.30 bits per heavy atom. The van der Waals surface area contributed by atoms with Crippen molar-refractivity contribution in [3.8, 4) is 6.07 Å². The predicted octanol–water partition coefficient (Wildman–Crippen LogP) is 3.19. The highest BCUT2D eigenvalue weighted by Gasteiger charge is 2.14. The Labute approximate surface area is 125 Å². The highest BCUT2D eigenvalue weighted by atomic mass is 35.5. The average Bonchev–Trinajstić information content (AvgIpc) is 3.08. The van der Waals surface area contributed by atoms with E-state index >= 15 is 0 Å². The van der Waals surface area contributed by atoms with Crippen LogP contribution < -0.4 is 0 Å². The number of rotatable bonds is 4. The third-order valence-corrected chi connectivity index (χ3v) is 4.03. The summed E-state index contributed by atoms with van der Waals surface area (Å²) in [5.74, 6) is 1.40. The molecular formula is C14H11ClN4S. The minimum Gasteiger partial charge on any atom is -0.321 e. The molecule has 100 valence electrons. The minimum atomic E-state index is 0.503. The summed E-state index contributed by atoms with van der Waals surface area (Å²) < 4.78 is 2.09. The zero-order valence-electron chi connectivity index (χ0n) is 10.6. The first-order chi connectivity index (χ1) is 9.83. The molecule has 0 unspecified atom stereocenters. The third-order valence-electron chi connectivity index (χ3n) is 3.07. The molecule has 0 fully saturated rings. The normalized spacial score (nSPS) is 10.8. The Morgan fingerprint density at radius 3 is 3.00 bits per heavy atom. The number of imidazole rings is 1. The number of nitrogens with zero attached hydrogens (tertiary/aromatic N) is 4. The van der Waals surface area contributed by atoms with Crippen LogP contribution in [0.25, 0.3) is 11.0 Å². The van der Waals surface area contributed by atoms with Crippen LogP contribution in [0.1, 0.15) is 16.4 Å². The van der Waals surface area contributed by atoms with Crippen LogP contribution in [-0.4, -0.2) is 20.4 Å². The molecule has 0 bridgehead atoms. The monoisotopic (exact) mass is 302 g/mol. The van der Waals surface area contributed by atoms with Gasteiger partial charge in [0.15, 0.2) is 0 Å². The minimum absolute atomic E-state index is 0.503. The van der Waals surface area contributed by atoms with Crippen molar-refractivity contribution in [2.24, 2.45) is 0 Å². The van der Waals surface area contributed by atoms with E-state index < -0.39 is 0 Å². The number of aromatic nitrogens is 3. The lowest BCUT2D eigenvalue weighted by atomic mass is 10.2. The van der Waals surface area contributed by atoms with Crippen LogP contribution >= 0.6 is 22.9 Å². The fraction of sp³-hybridized carbons (Fsp3) is 0.214. The highest BCUT2D eigenvalue weighted by molar-refractivity contribution is 7.09. The maximum absolute atomic E-state index is 9.19. The van der Waals surface area contributed by atoms with Crippen LogP contribution in [0, 0.1) is 11.3 Å². The fourth-order valence-corrected chi connectivity index (χ4v) is 2.98. The quantitative estimate of drug-likeness (QED) is 0.695. The third kappa shape index (κ3) is 2.28. The van der Waals surface area contributed by atoms with Gasteiger partial charge in [0.1, 0.15) is 22.4 Å². The molecule has 1 aromatic carbocycles. The molecule has 6 heteroatoms. The van der Waals surface area contributed by atoms with Gasteiger partial charge in [-0.25, -0.2) is 9.97 Å². The Morgan fingerprint density at radius 1 is 1.40 bits per heavy atom. The van der Waals surface area contributed by atoms with Crippen molar-refractivity contribution >= 4 is 34.0 Å². The molecule has 2 heterocycles. The van der Waals surface area contributed by atoms with Gasteiger partial charge < -0.3 is 4.57 Å². The average molecular weight is 303 g/mol. The molecule has 0 aliphatic carbocycles. The summed E-state index contributed by atoms with van der Waals surface area (Å²) in [6.07, 6.45) is 2.47. The van der Waals surface area contributed by atoms with E-state index in [0.29, 0.717) is 24.4 Å². The van der Waals surface area contributed by atoms with Crippen molar-refractivity contribution in [2.75, 3.05) is 5.88 Å². The summed E-state index contributed by atoms with van der Waals surface area (Å²) in [5.41, 5.74) is 2.29. The molecule has 0 aliphatic rings. The lowest BCUT2D eigenvalue weighted by molar-refractivity contribution is 0.750. The van der Waals surface area contributed by atoms with Gasteiger partial charge in [0.05, 0.1) is 17.6 Å². The lowest BCUT2D eigenvalue weighted by Gasteiger charge is -2.06. The molecule has 2 aromatic heterocycles. The topological polar surface area (TPSA) is 54.5 Å². The van der Waals surface area contributed by atoms with Gasteiger partial charge in [-0.15, -0.1) is 22.9 Å². The first-order valence-corrected chi connectivity index (χ1v) is 7.57. The molecule has 0 spiro atoms. The van der Waals surface area contributed by atoms with Crippen LogP contribution in [0.5, 0.6) is 0 Å². The van der Waals surface area contributed by atoms with E-state index in [-0.39, 0.29) is 0 Å². The summed E-state index contributed by atoms with van der Waals surface area (Å²) in [5, 5.41) is 12.2. The van der Waals surface area contributed by atoms with E-state index in [1.807, 2.05) is 17.5 Å². The van der Waals surface area contributed by atoms with Crippen molar-refractivity contribution in [3.05, 3.63) is 46.2 Å². The number of hydrogen-bond donors (Lipinski definition) is 0. The van der Waals surface area contributed by atoms with Crippen LogP contribution in [0.15, 0.2) is 29.8 Å². The number of alkyl halides is 1. The number of para-hydroxylation sites is 1. The first kappa shape index (κ1) is 13.1. The number of hydrogen-bond acceptors (Lipinski definition) is 4. The Hall–Kier alpha value is -1.90. The second-order valence-corrected chi connectivity index (χ2v) is 5.62. The fourth-order valence-electron chi connectivity index (χ4n) is 2.20. The summed E-state index contributed by atoms with van der Waals surface area (Å²) in [6, 6.07) is 7.84. The van der Waals surface area contributed by atoms with Gasteiger partial charge in [-0.3, -0.25) is 0 Å². The van der Waals surface area contributed by atoms with Crippen molar-refractivity contribution in [2.45, 2.75) is 13.0 Å². The molecule has 0 radical (unpaired) electrons. The molecule has 0 amide bonds. The van der Waals surface area contributed by atoms with Gasteiger partial charge in [-0.1, -0.05) is 6.07 Å². The molecule has 0 atom stereocenters. The summed E-state index contributed by atoms with van der Waals surface area (Å²) in [7, 11) is 0.